The number of hydrazone groups is 1. The summed E-state index contributed by atoms with van der Waals surface area (Å²) in [6.45, 7) is 2.50. The van der Waals surface area contributed by atoms with Crippen LogP contribution in [0.5, 0.6) is 11.5 Å². The van der Waals surface area contributed by atoms with Crippen LogP contribution in [-0.2, 0) is 6.61 Å². The Balaban J connectivity index is 1.44. The van der Waals surface area contributed by atoms with E-state index in [0.717, 1.165) is 16.7 Å². The van der Waals surface area contributed by atoms with Gasteiger partial charge in [0.1, 0.15) is 6.61 Å². The van der Waals surface area contributed by atoms with E-state index in [9.17, 15) is 4.79 Å². The lowest BCUT2D eigenvalue weighted by Crippen LogP contribution is -2.10. The number of nitrogens with one attached hydrogen (secondary N) is 2. The SMILES string of the molecule is COc1cc(/C=N/Nc2nc(-c3ccccc3)cc(=O)[nH]2)ccc1OCc1cccc(C)c1. The molecule has 0 saturated heterocycles. The number of rotatable bonds is 8. The average Bonchev–Trinajstić information content (AvgIpc) is 2.83. The smallest absolute Gasteiger partial charge is 0.252 e. The van der Waals surface area contributed by atoms with Crippen LogP contribution >= 0.6 is 0 Å². The number of benzene rings is 3. The summed E-state index contributed by atoms with van der Waals surface area (Å²) in [5.41, 5.74) is 7.00. The van der Waals surface area contributed by atoms with E-state index >= 15 is 0 Å². The maximum Gasteiger partial charge on any atom is 0.252 e. The maximum absolute atomic E-state index is 12.0. The monoisotopic (exact) mass is 440 g/mol. The highest BCUT2D eigenvalue weighted by molar-refractivity contribution is 5.81. The van der Waals surface area contributed by atoms with E-state index in [4.69, 9.17) is 9.47 Å². The van der Waals surface area contributed by atoms with Crippen molar-refractivity contribution < 1.29 is 9.47 Å². The molecule has 0 amide bonds. The predicted octanol–water partition coefficient (Wildman–Crippen LogP) is 4.78. The van der Waals surface area contributed by atoms with Gasteiger partial charge in [-0.2, -0.15) is 5.10 Å². The van der Waals surface area contributed by atoms with Crippen molar-refractivity contribution in [1.82, 2.24) is 9.97 Å². The molecular formula is C26H24N4O3. The Hall–Kier alpha value is -4.39. The van der Waals surface area contributed by atoms with Gasteiger partial charge in [-0.1, -0.05) is 60.2 Å². The first-order chi connectivity index (χ1) is 16.1. The van der Waals surface area contributed by atoms with Crippen LogP contribution in [0.4, 0.5) is 5.95 Å². The first-order valence-electron chi connectivity index (χ1n) is 10.4. The summed E-state index contributed by atoms with van der Waals surface area (Å²) in [5, 5.41) is 4.19. The number of methoxy groups -OCH3 is 1. The molecular weight excluding hydrogens is 416 g/mol. The Morgan fingerprint density at radius 3 is 2.64 bits per heavy atom. The van der Waals surface area contributed by atoms with Crippen molar-refractivity contribution in [3.63, 3.8) is 0 Å². The lowest BCUT2D eigenvalue weighted by atomic mass is 10.1. The third-order valence-electron chi connectivity index (χ3n) is 4.86. The van der Waals surface area contributed by atoms with Crippen LogP contribution in [0.25, 0.3) is 11.3 Å². The second-order valence-electron chi connectivity index (χ2n) is 7.40. The van der Waals surface area contributed by atoms with Crippen molar-refractivity contribution in [3.05, 3.63) is 106 Å². The van der Waals surface area contributed by atoms with E-state index in [0.29, 0.717) is 23.8 Å². The molecule has 0 spiro atoms. The molecule has 4 aromatic rings. The minimum absolute atomic E-state index is 0.252. The lowest BCUT2D eigenvalue weighted by Gasteiger charge is -2.11. The van der Waals surface area contributed by atoms with Crippen molar-refractivity contribution in [2.75, 3.05) is 12.5 Å². The summed E-state index contributed by atoms with van der Waals surface area (Å²) in [6.07, 6.45) is 1.61. The Bertz CT molecular complexity index is 1320. The summed E-state index contributed by atoms with van der Waals surface area (Å²) in [7, 11) is 1.60. The van der Waals surface area contributed by atoms with Gasteiger partial charge in [0.25, 0.3) is 5.56 Å². The fourth-order valence-corrected chi connectivity index (χ4v) is 3.28. The third-order valence-corrected chi connectivity index (χ3v) is 4.86. The zero-order valence-corrected chi connectivity index (χ0v) is 18.4. The lowest BCUT2D eigenvalue weighted by molar-refractivity contribution is 0.284. The molecule has 4 rings (SSSR count). The summed E-state index contributed by atoms with van der Waals surface area (Å²) in [6, 6.07) is 24.6. The quantitative estimate of drug-likeness (QED) is 0.304. The van der Waals surface area contributed by atoms with Gasteiger partial charge in [0, 0.05) is 11.6 Å². The molecule has 2 N–H and O–H groups in total. The number of aromatic amines is 1. The van der Waals surface area contributed by atoms with Gasteiger partial charge >= 0.3 is 0 Å². The minimum Gasteiger partial charge on any atom is -0.493 e. The van der Waals surface area contributed by atoms with E-state index < -0.39 is 0 Å². The standard InChI is InChI=1S/C26H24N4O3/c1-18-7-6-8-20(13-18)17-33-23-12-11-19(14-24(23)32-2)16-27-30-26-28-22(15-25(31)29-26)21-9-4-3-5-10-21/h3-16H,17H2,1-2H3,(H2,28,29,30,31)/b27-16+. The molecule has 1 aromatic heterocycles. The van der Waals surface area contributed by atoms with Crippen molar-refractivity contribution >= 4 is 12.2 Å². The molecule has 1 heterocycles. The number of aromatic nitrogens is 2. The molecule has 0 fully saturated rings. The van der Waals surface area contributed by atoms with Crippen LogP contribution in [0.1, 0.15) is 16.7 Å². The zero-order valence-electron chi connectivity index (χ0n) is 18.4. The van der Waals surface area contributed by atoms with Crippen molar-refractivity contribution in [2.24, 2.45) is 5.10 Å². The number of hydrogen-bond donors (Lipinski definition) is 2. The van der Waals surface area contributed by atoms with E-state index in [2.05, 4.69) is 39.6 Å². The highest BCUT2D eigenvalue weighted by atomic mass is 16.5. The molecule has 7 nitrogen and oxygen atoms in total. The van der Waals surface area contributed by atoms with Crippen LogP contribution in [0.2, 0.25) is 0 Å². The zero-order chi connectivity index (χ0) is 23.0. The summed E-state index contributed by atoms with van der Waals surface area (Å²) >= 11 is 0. The van der Waals surface area contributed by atoms with E-state index in [1.54, 1.807) is 13.3 Å². The van der Waals surface area contributed by atoms with Crippen LogP contribution in [0.15, 0.2) is 88.8 Å². The first kappa shape index (κ1) is 21.8. The Kier molecular flexibility index (Phi) is 6.80. The van der Waals surface area contributed by atoms with Crippen LogP contribution in [-0.4, -0.2) is 23.3 Å². The summed E-state index contributed by atoms with van der Waals surface area (Å²) in [4.78, 5) is 19.1. The molecule has 0 saturated carbocycles. The number of aryl methyl sites for hydroxylation is 1. The van der Waals surface area contributed by atoms with Crippen molar-refractivity contribution in [2.45, 2.75) is 13.5 Å². The number of hydrogen-bond acceptors (Lipinski definition) is 6. The van der Waals surface area contributed by atoms with Crippen LogP contribution in [0, 0.1) is 6.92 Å². The number of anilines is 1. The molecule has 166 valence electrons. The molecule has 7 heteroatoms. The normalized spacial score (nSPS) is 10.8. The number of H-pyrrole nitrogens is 1. The highest BCUT2D eigenvalue weighted by Crippen LogP contribution is 2.28. The third kappa shape index (κ3) is 5.86. The molecule has 0 atom stereocenters. The van der Waals surface area contributed by atoms with Gasteiger partial charge in [0.15, 0.2) is 11.5 Å². The van der Waals surface area contributed by atoms with E-state index in [1.807, 2.05) is 60.7 Å². The van der Waals surface area contributed by atoms with Crippen LogP contribution < -0.4 is 20.5 Å². The van der Waals surface area contributed by atoms with Gasteiger partial charge < -0.3 is 9.47 Å². The van der Waals surface area contributed by atoms with Gasteiger partial charge in [-0.05, 0) is 36.2 Å². The fourth-order valence-electron chi connectivity index (χ4n) is 3.28. The van der Waals surface area contributed by atoms with Gasteiger partial charge in [0.05, 0.1) is 19.0 Å². The van der Waals surface area contributed by atoms with Gasteiger partial charge in [0.2, 0.25) is 5.95 Å². The summed E-state index contributed by atoms with van der Waals surface area (Å²) < 4.78 is 11.4. The first-order valence-corrected chi connectivity index (χ1v) is 10.4. The molecule has 3 aromatic carbocycles. The van der Waals surface area contributed by atoms with E-state index in [1.165, 1.54) is 11.6 Å². The maximum atomic E-state index is 12.0. The fraction of sp³-hybridized carbons (Fsp3) is 0.115. The van der Waals surface area contributed by atoms with Crippen molar-refractivity contribution in [3.8, 4) is 22.8 Å². The molecule has 0 bridgehead atoms. The molecule has 0 radical (unpaired) electrons. The number of nitrogens with zero attached hydrogens (tertiary/aromatic N) is 2. The van der Waals surface area contributed by atoms with Crippen molar-refractivity contribution in [1.29, 1.82) is 0 Å². The molecule has 0 aliphatic heterocycles. The molecule has 0 aliphatic carbocycles. The Labute approximate surface area is 191 Å². The second-order valence-corrected chi connectivity index (χ2v) is 7.40. The Morgan fingerprint density at radius 2 is 1.85 bits per heavy atom. The molecule has 0 aliphatic rings. The molecule has 0 unspecified atom stereocenters. The van der Waals surface area contributed by atoms with Gasteiger partial charge in [-0.3, -0.25) is 9.78 Å². The average molecular weight is 441 g/mol. The van der Waals surface area contributed by atoms with Gasteiger partial charge in [-0.15, -0.1) is 0 Å². The molecule has 33 heavy (non-hydrogen) atoms. The number of ether oxygens (including phenoxy) is 2. The predicted molar refractivity (Wildman–Crippen MR) is 130 cm³/mol. The largest absolute Gasteiger partial charge is 0.493 e. The van der Waals surface area contributed by atoms with Gasteiger partial charge in [-0.25, -0.2) is 10.4 Å². The Morgan fingerprint density at radius 1 is 1.00 bits per heavy atom. The summed E-state index contributed by atoms with van der Waals surface area (Å²) in [5.74, 6) is 1.50. The van der Waals surface area contributed by atoms with E-state index in [-0.39, 0.29) is 11.5 Å². The minimum atomic E-state index is -0.265. The highest BCUT2D eigenvalue weighted by Gasteiger charge is 2.06. The van der Waals surface area contributed by atoms with Crippen LogP contribution in [0.3, 0.4) is 0 Å². The second kappa shape index (κ2) is 10.3. The topological polar surface area (TPSA) is 88.6 Å².